The monoisotopic (exact) mass is 449 g/mol. The Morgan fingerprint density at radius 2 is 1.73 bits per heavy atom. The van der Waals surface area contributed by atoms with E-state index >= 15 is 0 Å². The van der Waals surface area contributed by atoms with Crippen LogP contribution in [0.1, 0.15) is 17.5 Å². The molecule has 2 N–H and O–H groups in total. The van der Waals surface area contributed by atoms with Gasteiger partial charge in [-0.3, -0.25) is 9.69 Å². The van der Waals surface area contributed by atoms with E-state index in [1.165, 1.54) is 17.0 Å². The summed E-state index contributed by atoms with van der Waals surface area (Å²) in [5.41, 5.74) is 3.27. The van der Waals surface area contributed by atoms with Gasteiger partial charge in [0.15, 0.2) is 0 Å². The summed E-state index contributed by atoms with van der Waals surface area (Å²) >= 11 is 0. The van der Waals surface area contributed by atoms with Crippen molar-refractivity contribution in [3.05, 3.63) is 95.8 Å². The van der Waals surface area contributed by atoms with E-state index in [-0.39, 0.29) is 24.4 Å². The van der Waals surface area contributed by atoms with Crippen LogP contribution >= 0.6 is 0 Å². The van der Waals surface area contributed by atoms with Crippen LogP contribution in [-0.2, 0) is 16.1 Å². The number of urea groups is 1. The second-order valence-electron chi connectivity index (χ2n) is 7.61. The van der Waals surface area contributed by atoms with Gasteiger partial charge in [-0.05, 0) is 60.9 Å². The van der Waals surface area contributed by atoms with Crippen LogP contribution in [0, 0.1) is 12.7 Å². The van der Waals surface area contributed by atoms with Crippen LogP contribution in [0.2, 0.25) is 0 Å². The number of amides is 3. The largest absolute Gasteiger partial charge is 0.367 e. The van der Waals surface area contributed by atoms with E-state index in [2.05, 4.69) is 10.6 Å². The molecule has 0 aliphatic rings. The molecular formula is C26H28FN3O3. The number of hydrogen-bond acceptors (Lipinski definition) is 3. The number of ether oxygens (including phenoxy) is 1. The molecule has 0 fully saturated rings. The Balaban J connectivity index is 1.49. The summed E-state index contributed by atoms with van der Waals surface area (Å²) in [6.45, 7) is 2.99. The van der Waals surface area contributed by atoms with Crippen LogP contribution in [0.4, 0.5) is 20.6 Å². The highest BCUT2D eigenvalue weighted by Gasteiger charge is 2.16. The number of nitrogens with one attached hydrogen (secondary N) is 2. The second-order valence-corrected chi connectivity index (χ2v) is 7.61. The number of benzene rings is 3. The van der Waals surface area contributed by atoms with Gasteiger partial charge in [0.2, 0.25) is 5.91 Å². The van der Waals surface area contributed by atoms with Crippen molar-refractivity contribution in [3.63, 3.8) is 0 Å². The van der Waals surface area contributed by atoms with Crippen molar-refractivity contribution < 1.29 is 18.7 Å². The second kappa shape index (κ2) is 12.4. The van der Waals surface area contributed by atoms with Crippen LogP contribution in [-0.4, -0.2) is 31.6 Å². The number of aryl methyl sites for hydroxylation is 1. The lowest BCUT2D eigenvalue weighted by Crippen LogP contribution is -2.38. The van der Waals surface area contributed by atoms with Gasteiger partial charge in [-0.2, -0.15) is 0 Å². The predicted octanol–water partition coefficient (Wildman–Crippen LogP) is 4.90. The average molecular weight is 450 g/mol. The Kier molecular flexibility index (Phi) is 8.97. The molecule has 0 spiro atoms. The van der Waals surface area contributed by atoms with Crippen molar-refractivity contribution >= 4 is 23.3 Å². The topological polar surface area (TPSA) is 70.7 Å². The van der Waals surface area contributed by atoms with Gasteiger partial charge in [-0.25, -0.2) is 9.18 Å². The number of nitrogens with zero attached hydrogens (tertiary/aromatic N) is 1. The lowest BCUT2D eigenvalue weighted by Gasteiger charge is -2.23. The Morgan fingerprint density at radius 3 is 2.45 bits per heavy atom. The quantitative estimate of drug-likeness (QED) is 0.433. The lowest BCUT2D eigenvalue weighted by atomic mass is 10.2. The van der Waals surface area contributed by atoms with Crippen molar-refractivity contribution in [2.75, 3.05) is 29.9 Å². The minimum Gasteiger partial charge on any atom is -0.367 e. The van der Waals surface area contributed by atoms with Gasteiger partial charge in [0.25, 0.3) is 0 Å². The van der Waals surface area contributed by atoms with Crippen molar-refractivity contribution in [3.8, 4) is 0 Å². The maximum atomic E-state index is 13.4. The fraction of sp³-hybridized carbons (Fsp3) is 0.231. The summed E-state index contributed by atoms with van der Waals surface area (Å²) in [4.78, 5) is 26.5. The molecule has 0 aliphatic carbocycles. The molecular weight excluding hydrogens is 421 g/mol. The Hall–Kier alpha value is -3.71. The standard InChI is InChI=1S/C26H28FN3O3/c1-20-7-5-10-23(17-20)29-26(32)30(24-13-11-22(27)12-14-24)16-6-15-28-25(31)19-33-18-21-8-3-2-4-9-21/h2-5,7-14,17H,6,15-16,18-19H2,1H3,(H,28,31)(H,29,32). The molecule has 0 aliphatic heterocycles. The molecule has 0 atom stereocenters. The molecule has 3 aromatic rings. The van der Waals surface area contributed by atoms with Crippen LogP contribution in [0.25, 0.3) is 0 Å². The van der Waals surface area contributed by atoms with Gasteiger partial charge >= 0.3 is 6.03 Å². The van der Waals surface area contributed by atoms with Gasteiger partial charge < -0.3 is 15.4 Å². The first-order valence-corrected chi connectivity index (χ1v) is 10.8. The van der Waals surface area contributed by atoms with E-state index in [9.17, 15) is 14.0 Å². The molecule has 172 valence electrons. The zero-order chi connectivity index (χ0) is 23.5. The average Bonchev–Trinajstić information content (AvgIpc) is 2.80. The zero-order valence-corrected chi connectivity index (χ0v) is 18.6. The third-order valence-electron chi connectivity index (χ3n) is 4.88. The third kappa shape index (κ3) is 8.05. The van der Waals surface area contributed by atoms with E-state index in [0.29, 0.717) is 37.5 Å². The first-order chi connectivity index (χ1) is 16.0. The van der Waals surface area contributed by atoms with Gasteiger partial charge in [-0.15, -0.1) is 0 Å². The SMILES string of the molecule is Cc1cccc(NC(=O)N(CCCNC(=O)COCc2ccccc2)c2ccc(F)cc2)c1. The third-order valence-corrected chi connectivity index (χ3v) is 4.88. The molecule has 0 radical (unpaired) electrons. The number of carbonyl (C=O) groups is 2. The predicted molar refractivity (Wildman–Crippen MR) is 128 cm³/mol. The molecule has 33 heavy (non-hydrogen) atoms. The summed E-state index contributed by atoms with van der Waals surface area (Å²) in [5, 5.41) is 5.67. The highest BCUT2D eigenvalue weighted by atomic mass is 19.1. The number of rotatable bonds is 10. The van der Waals surface area contributed by atoms with Gasteiger partial charge in [0.05, 0.1) is 6.61 Å². The molecule has 3 aromatic carbocycles. The Labute approximate surface area is 193 Å². The van der Waals surface area contributed by atoms with Gasteiger partial charge in [0.1, 0.15) is 12.4 Å². The zero-order valence-electron chi connectivity index (χ0n) is 18.6. The van der Waals surface area contributed by atoms with Gasteiger partial charge in [0, 0.05) is 24.5 Å². The molecule has 3 rings (SSSR count). The maximum absolute atomic E-state index is 13.4. The van der Waals surface area contributed by atoms with Crippen LogP contribution in [0.5, 0.6) is 0 Å². The molecule has 0 heterocycles. The minimum atomic E-state index is -0.374. The van der Waals surface area contributed by atoms with E-state index in [0.717, 1.165) is 11.1 Å². The Bertz CT molecular complexity index is 1040. The summed E-state index contributed by atoms with van der Waals surface area (Å²) in [7, 11) is 0. The smallest absolute Gasteiger partial charge is 0.326 e. The molecule has 7 heteroatoms. The van der Waals surface area contributed by atoms with Crippen LogP contribution in [0.15, 0.2) is 78.9 Å². The van der Waals surface area contributed by atoms with E-state index in [4.69, 9.17) is 4.74 Å². The molecule has 0 saturated heterocycles. The van der Waals surface area contributed by atoms with Crippen molar-refractivity contribution in [1.29, 1.82) is 0 Å². The lowest BCUT2D eigenvalue weighted by molar-refractivity contribution is -0.126. The summed E-state index contributed by atoms with van der Waals surface area (Å²) in [5.74, 6) is -0.593. The highest BCUT2D eigenvalue weighted by Crippen LogP contribution is 2.18. The van der Waals surface area contributed by atoms with Gasteiger partial charge in [-0.1, -0.05) is 42.5 Å². The molecule has 0 saturated carbocycles. The van der Waals surface area contributed by atoms with E-state index in [1.54, 1.807) is 12.1 Å². The first kappa shape index (κ1) is 23.9. The normalized spacial score (nSPS) is 10.5. The molecule has 0 aromatic heterocycles. The maximum Gasteiger partial charge on any atom is 0.326 e. The highest BCUT2D eigenvalue weighted by molar-refractivity contribution is 6.01. The summed E-state index contributed by atoms with van der Waals surface area (Å²) < 4.78 is 18.8. The summed E-state index contributed by atoms with van der Waals surface area (Å²) in [6.07, 6.45) is 0.517. The number of anilines is 2. The molecule has 0 bridgehead atoms. The fourth-order valence-electron chi connectivity index (χ4n) is 3.23. The van der Waals surface area contributed by atoms with Crippen molar-refractivity contribution in [2.45, 2.75) is 20.0 Å². The summed E-state index contributed by atoms with van der Waals surface area (Å²) in [6, 6.07) is 22.5. The van der Waals surface area contributed by atoms with Crippen molar-refractivity contribution in [1.82, 2.24) is 5.32 Å². The molecule has 6 nitrogen and oxygen atoms in total. The van der Waals surface area contributed by atoms with E-state index in [1.807, 2.05) is 61.5 Å². The van der Waals surface area contributed by atoms with Crippen LogP contribution in [0.3, 0.4) is 0 Å². The number of carbonyl (C=O) groups excluding carboxylic acids is 2. The molecule has 0 unspecified atom stereocenters. The number of hydrogen-bond donors (Lipinski definition) is 2. The van der Waals surface area contributed by atoms with Crippen LogP contribution < -0.4 is 15.5 Å². The minimum absolute atomic E-state index is 0.0373. The van der Waals surface area contributed by atoms with E-state index < -0.39 is 0 Å². The Morgan fingerprint density at radius 1 is 0.970 bits per heavy atom. The number of halogens is 1. The first-order valence-electron chi connectivity index (χ1n) is 10.8. The van der Waals surface area contributed by atoms with Crippen molar-refractivity contribution in [2.24, 2.45) is 0 Å². The fourth-order valence-corrected chi connectivity index (χ4v) is 3.23. The molecule has 3 amide bonds.